The Morgan fingerprint density at radius 3 is 2.95 bits per heavy atom. The van der Waals surface area contributed by atoms with E-state index >= 15 is 0 Å². The summed E-state index contributed by atoms with van der Waals surface area (Å²) in [7, 11) is -1.65. The van der Waals surface area contributed by atoms with Crippen LogP contribution in [0, 0.1) is 0 Å². The van der Waals surface area contributed by atoms with Gasteiger partial charge in [-0.25, -0.2) is 13.4 Å². The highest BCUT2D eigenvalue weighted by molar-refractivity contribution is 7.91. The molecule has 0 unspecified atom stereocenters. The molecule has 1 aliphatic heterocycles. The summed E-state index contributed by atoms with van der Waals surface area (Å²) in [6.07, 6.45) is -0.350. The van der Waals surface area contributed by atoms with Crippen molar-refractivity contribution in [3.05, 3.63) is 41.4 Å². The predicted octanol–water partition coefficient (Wildman–Crippen LogP) is 1.95. The quantitative estimate of drug-likeness (QED) is 0.922. The van der Waals surface area contributed by atoms with Crippen molar-refractivity contribution in [3.8, 4) is 0 Å². The van der Waals surface area contributed by atoms with Crippen LogP contribution in [0.3, 0.4) is 0 Å². The Hall–Kier alpha value is -1.48. The number of nitrogens with one attached hydrogen (secondary N) is 1. The van der Waals surface area contributed by atoms with Crippen LogP contribution in [0.5, 0.6) is 0 Å². The van der Waals surface area contributed by atoms with Crippen molar-refractivity contribution < 1.29 is 13.2 Å². The lowest BCUT2D eigenvalue weighted by Gasteiger charge is -2.31. The van der Waals surface area contributed by atoms with E-state index in [9.17, 15) is 8.42 Å². The highest BCUT2D eigenvalue weighted by atomic mass is 32.2. The standard InChI is InChI=1S/C14H17N3O3S2/c1-15-13-5-2-4-11(16-13)12-10-17(7-8-20-12)22(18,19)14-6-3-9-21-14/h2-6,9,12H,7-8,10H2,1H3,(H,15,16)/t12-/m0/s1. The van der Waals surface area contributed by atoms with E-state index in [4.69, 9.17) is 4.74 Å². The monoisotopic (exact) mass is 339 g/mol. The molecule has 1 fully saturated rings. The molecule has 3 heterocycles. The first kappa shape index (κ1) is 15.4. The van der Waals surface area contributed by atoms with Gasteiger partial charge in [-0.3, -0.25) is 0 Å². The third kappa shape index (κ3) is 3.00. The Morgan fingerprint density at radius 2 is 2.23 bits per heavy atom. The molecule has 2 aromatic rings. The fourth-order valence-corrected chi connectivity index (χ4v) is 4.90. The number of sulfonamides is 1. The van der Waals surface area contributed by atoms with Crippen molar-refractivity contribution >= 4 is 27.2 Å². The number of ether oxygens (including phenoxy) is 1. The van der Waals surface area contributed by atoms with Gasteiger partial charge in [0.1, 0.15) is 16.1 Å². The molecule has 0 radical (unpaired) electrons. The predicted molar refractivity (Wildman–Crippen MR) is 85.6 cm³/mol. The molecule has 0 amide bonds. The average molecular weight is 339 g/mol. The van der Waals surface area contributed by atoms with E-state index in [0.717, 1.165) is 11.5 Å². The maximum absolute atomic E-state index is 12.6. The number of aromatic nitrogens is 1. The summed E-state index contributed by atoms with van der Waals surface area (Å²) in [6.45, 7) is 1.00. The molecular weight excluding hydrogens is 322 g/mol. The number of rotatable bonds is 4. The van der Waals surface area contributed by atoms with Gasteiger partial charge in [-0.05, 0) is 23.6 Å². The summed E-state index contributed by atoms with van der Waals surface area (Å²) in [5.41, 5.74) is 0.734. The van der Waals surface area contributed by atoms with Crippen molar-refractivity contribution in [3.63, 3.8) is 0 Å². The van der Waals surface area contributed by atoms with Gasteiger partial charge < -0.3 is 10.1 Å². The van der Waals surface area contributed by atoms with Crippen LogP contribution in [0.1, 0.15) is 11.8 Å². The summed E-state index contributed by atoms with van der Waals surface area (Å²) in [4.78, 5) is 4.44. The van der Waals surface area contributed by atoms with Crippen molar-refractivity contribution in [1.29, 1.82) is 0 Å². The molecule has 1 N–H and O–H groups in total. The van der Waals surface area contributed by atoms with Gasteiger partial charge in [-0.1, -0.05) is 12.1 Å². The average Bonchev–Trinajstić information content (AvgIpc) is 3.10. The minimum absolute atomic E-state index is 0.278. The molecule has 0 spiro atoms. The van der Waals surface area contributed by atoms with Crippen LogP contribution in [0.4, 0.5) is 5.82 Å². The summed E-state index contributed by atoms with van der Waals surface area (Å²) < 4.78 is 32.7. The molecule has 118 valence electrons. The van der Waals surface area contributed by atoms with Crippen molar-refractivity contribution in [1.82, 2.24) is 9.29 Å². The van der Waals surface area contributed by atoms with Crippen LogP contribution in [0.2, 0.25) is 0 Å². The van der Waals surface area contributed by atoms with Gasteiger partial charge in [0.05, 0.1) is 12.3 Å². The minimum atomic E-state index is -3.45. The second kappa shape index (κ2) is 6.33. The zero-order valence-corrected chi connectivity index (χ0v) is 13.7. The Bertz CT molecular complexity index is 732. The Balaban J connectivity index is 1.82. The maximum atomic E-state index is 12.6. The van der Waals surface area contributed by atoms with Gasteiger partial charge in [0, 0.05) is 20.1 Å². The van der Waals surface area contributed by atoms with Gasteiger partial charge in [0.2, 0.25) is 0 Å². The third-order valence-electron chi connectivity index (χ3n) is 3.48. The molecule has 6 nitrogen and oxygen atoms in total. The van der Waals surface area contributed by atoms with Crippen LogP contribution >= 0.6 is 11.3 Å². The lowest BCUT2D eigenvalue weighted by molar-refractivity contribution is -0.00480. The van der Waals surface area contributed by atoms with E-state index in [1.807, 2.05) is 18.2 Å². The molecule has 0 aliphatic carbocycles. The van der Waals surface area contributed by atoms with Crippen LogP contribution in [-0.4, -0.2) is 44.5 Å². The maximum Gasteiger partial charge on any atom is 0.252 e. The number of pyridine rings is 1. The third-order valence-corrected chi connectivity index (χ3v) is 6.71. The molecular formula is C14H17N3O3S2. The normalized spacial score (nSPS) is 20.0. The lowest BCUT2D eigenvalue weighted by atomic mass is 10.2. The van der Waals surface area contributed by atoms with Gasteiger partial charge in [-0.15, -0.1) is 11.3 Å². The molecule has 0 saturated carbocycles. The fourth-order valence-electron chi connectivity index (χ4n) is 2.33. The largest absolute Gasteiger partial charge is 0.373 e. The number of morpholine rings is 1. The lowest BCUT2D eigenvalue weighted by Crippen LogP contribution is -2.42. The Kier molecular flexibility index (Phi) is 4.44. The first-order chi connectivity index (χ1) is 10.6. The van der Waals surface area contributed by atoms with Gasteiger partial charge >= 0.3 is 0 Å². The highest BCUT2D eigenvalue weighted by Crippen LogP contribution is 2.27. The van der Waals surface area contributed by atoms with Crippen molar-refractivity contribution in [2.75, 3.05) is 32.1 Å². The number of thiophene rings is 1. The van der Waals surface area contributed by atoms with Crippen LogP contribution < -0.4 is 5.32 Å². The summed E-state index contributed by atoms with van der Waals surface area (Å²) >= 11 is 1.23. The molecule has 22 heavy (non-hydrogen) atoms. The SMILES string of the molecule is CNc1cccc([C@@H]2CN(S(=O)(=O)c3cccs3)CCO2)n1. The fraction of sp³-hybridized carbons (Fsp3) is 0.357. The summed E-state index contributed by atoms with van der Waals surface area (Å²) in [5, 5.41) is 4.74. The number of anilines is 1. The highest BCUT2D eigenvalue weighted by Gasteiger charge is 2.32. The topological polar surface area (TPSA) is 71.5 Å². The van der Waals surface area contributed by atoms with Crippen LogP contribution in [0.15, 0.2) is 39.9 Å². The summed E-state index contributed by atoms with van der Waals surface area (Å²) in [5.74, 6) is 0.735. The number of nitrogens with zero attached hydrogens (tertiary/aromatic N) is 2. The molecule has 1 atom stereocenters. The Morgan fingerprint density at radius 1 is 1.36 bits per heavy atom. The zero-order chi connectivity index (χ0) is 15.6. The van der Waals surface area contributed by atoms with Gasteiger partial charge in [0.15, 0.2) is 0 Å². The van der Waals surface area contributed by atoms with Crippen LogP contribution in [0.25, 0.3) is 0 Å². The molecule has 1 aliphatic rings. The second-order valence-electron chi connectivity index (χ2n) is 4.85. The van der Waals surface area contributed by atoms with Crippen molar-refractivity contribution in [2.24, 2.45) is 0 Å². The number of hydrogen-bond donors (Lipinski definition) is 1. The van der Waals surface area contributed by atoms with E-state index < -0.39 is 10.0 Å². The molecule has 2 aromatic heterocycles. The molecule has 0 bridgehead atoms. The summed E-state index contributed by atoms with van der Waals surface area (Å²) in [6, 6.07) is 8.96. The molecule has 3 rings (SSSR count). The van der Waals surface area contributed by atoms with E-state index in [-0.39, 0.29) is 12.6 Å². The minimum Gasteiger partial charge on any atom is -0.373 e. The molecule has 8 heteroatoms. The van der Waals surface area contributed by atoms with E-state index in [1.54, 1.807) is 24.6 Å². The zero-order valence-electron chi connectivity index (χ0n) is 12.1. The van der Waals surface area contributed by atoms with Crippen molar-refractivity contribution in [2.45, 2.75) is 10.3 Å². The first-order valence-corrected chi connectivity index (χ1v) is 9.23. The molecule has 1 saturated heterocycles. The second-order valence-corrected chi connectivity index (χ2v) is 7.96. The van der Waals surface area contributed by atoms with Gasteiger partial charge in [0.25, 0.3) is 10.0 Å². The molecule has 0 aromatic carbocycles. The van der Waals surface area contributed by atoms with E-state index in [0.29, 0.717) is 17.4 Å². The first-order valence-electron chi connectivity index (χ1n) is 6.91. The Labute approximate surface area is 133 Å². The van der Waals surface area contributed by atoms with E-state index in [2.05, 4.69) is 10.3 Å². The van der Waals surface area contributed by atoms with E-state index in [1.165, 1.54) is 15.6 Å². The smallest absolute Gasteiger partial charge is 0.252 e. The number of hydrogen-bond acceptors (Lipinski definition) is 6. The van der Waals surface area contributed by atoms with Gasteiger partial charge in [-0.2, -0.15) is 4.31 Å². The van der Waals surface area contributed by atoms with Crippen LogP contribution in [-0.2, 0) is 14.8 Å².